The van der Waals surface area contributed by atoms with E-state index in [4.69, 9.17) is 5.11 Å². The zero-order valence-corrected chi connectivity index (χ0v) is 12.3. The lowest BCUT2D eigenvalue weighted by Crippen LogP contribution is -2.44. The number of benzene rings is 1. The van der Waals surface area contributed by atoms with E-state index in [0.717, 1.165) is 36.9 Å². The van der Waals surface area contributed by atoms with Crippen molar-refractivity contribution < 1.29 is 14.7 Å². The van der Waals surface area contributed by atoms with Gasteiger partial charge in [-0.25, -0.2) is 4.79 Å². The van der Waals surface area contributed by atoms with Crippen LogP contribution in [0.25, 0.3) is 0 Å². The van der Waals surface area contributed by atoms with Crippen molar-refractivity contribution in [2.24, 2.45) is 5.41 Å². The summed E-state index contributed by atoms with van der Waals surface area (Å²) in [4.78, 5) is 22.9. The third kappa shape index (κ3) is 3.97. The summed E-state index contributed by atoms with van der Waals surface area (Å²) in [5.74, 6) is -0.798. The van der Waals surface area contributed by atoms with Crippen molar-refractivity contribution in [2.75, 3.05) is 11.9 Å². The van der Waals surface area contributed by atoms with Gasteiger partial charge in [0, 0.05) is 12.2 Å². The van der Waals surface area contributed by atoms with Gasteiger partial charge in [-0.15, -0.1) is 0 Å². The molecule has 1 aromatic carbocycles. The van der Waals surface area contributed by atoms with E-state index in [1.54, 1.807) is 0 Å². The monoisotopic (exact) mass is 290 g/mol. The molecule has 0 saturated heterocycles. The van der Waals surface area contributed by atoms with Gasteiger partial charge in [0.15, 0.2) is 0 Å². The molecule has 0 aliphatic heterocycles. The van der Waals surface area contributed by atoms with Crippen LogP contribution in [0.5, 0.6) is 0 Å². The lowest BCUT2D eigenvalue weighted by Gasteiger charge is -2.40. The zero-order valence-electron chi connectivity index (χ0n) is 12.3. The van der Waals surface area contributed by atoms with Gasteiger partial charge in [-0.05, 0) is 36.3 Å². The van der Waals surface area contributed by atoms with Gasteiger partial charge in [0.25, 0.3) is 0 Å². The topological polar surface area (TPSA) is 78.4 Å². The first kappa shape index (κ1) is 15.4. The number of hydrogen-bond acceptors (Lipinski definition) is 2. The van der Waals surface area contributed by atoms with E-state index in [-0.39, 0.29) is 17.9 Å². The summed E-state index contributed by atoms with van der Waals surface area (Å²) in [7, 11) is 0. The Labute approximate surface area is 124 Å². The predicted molar refractivity (Wildman–Crippen MR) is 81.4 cm³/mol. The Kier molecular flexibility index (Phi) is 4.83. The normalized spacial score (nSPS) is 15.9. The number of aliphatic carboxylic acids is 1. The lowest BCUT2D eigenvalue weighted by molar-refractivity contribution is -0.141. The quantitative estimate of drug-likeness (QED) is 0.753. The number of amides is 2. The number of anilines is 1. The molecule has 0 aromatic heterocycles. The van der Waals surface area contributed by atoms with Crippen molar-refractivity contribution in [3.63, 3.8) is 0 Å². The minimum absolute atomic E-state index is 0.124. The van der Waals surface area contributed by atoms with Crippen molar-refractivity contribution in [1.82, 2.24) is 5.32 Å². The molecule has 0 bridgehead atoms. The van der Waals surface area contributed by atoms with Gasteiger partial charge in [-0.2, -0.15) is 0 Å². The molecule has 0 unspecified atom stereocenters. The van der Waals surface area contributed by atoms with Gasteiger partial charge in [0.1, 0.15) is 0 Å². The first-order valence-corrected chi connectivity index (χ1v) is 7.39. The Bertz CT molecular complexity index is 524. The molecular weight excluding hydrogens is 268 g/mol. The molecule has 0 atom stereocenters. The van der Waals surface area contributed by atoms with Crippen LogP contribution in [0, 0.1) is 5.41 Å². The highest BCUT2D eigenvalue weighted by molar-refractivity contribution is 5.90. The van der Waals surface area contributed by atoms with Crippen LogP contribution in [-0.2, 0) is 11.2 Å². The summed E-state index contributed by atoms with van der Waals surface area (Å²) in [5.41, 5.74) is 1.63. The molecule has 3 N–H and O–H groups in total. The fourth-order valence-corrected chi connectivity index (χ4v) is 2.80. The highest BCUT2D eigenvalue weighted by atomic mass is 16.4. The van der Waals surface area contributed by atoms with Crippen molar-refractivity contribution in [3.8, 4) is 0 Å². The standard InChI is InChI=1S/C16H22N2O3/c1-2-12-6-3-4-7-13(12)18-15(21)17-11-16(8-5-9-16)10-14(19)20/h3-4,6-7H,2,5,8-11H2,1H3,(H,19,20)(H2,17,18,21). The summed E-state index contributed by atoms with van der Waals surface area (Å²) in [6.07, 6.45) is 3.74. The number of carboxylic acids is 1. The highest BCUT2D eigenvalue weighted by Crippen LogP contribution is 2.43. The molecule has 0 heterocycles. The third-order valence-corrected chi connectivity index (χ3v) is 4.21. The Morgan fingerprint density at radius 2 is 2.00 bits per heavy atom. The van der Waals surface area contributed by atoms with E-state index < -0.39 is 5.97 Å². The number of carboxylic acid groups (broad SMARTS) is 1. The van der Waals surface area contributed by atoms with Crippen LogP contribution in [0.3, 0.4) is 0 Å². The molecule has 5 nitrogen and oxygen atoms in total. The molecule has 114 valence electrons. The fraction of sp³-hybridized carbons (Fsp3) is 0.500. The van der Waals surface area contributed by atoms with E-state index in [0.29, 0.717) is 6.54 Å². The molecule has 5 heteroatoms. The average molecular weight is 290 g/mol. The van der Waals surface area contributed by atoms with Crippen LogP contribution in [0.2, 0.25) is 0 Å². The molecule has 1 aliphatic rings. The molecular formula is C16H22N2O3. The number of rotatable bonds is 6. The number of carbonyl (C=O) groups excluding carboxylic acids is 1. The van der Waals surface area contributed by atoms with Gasteiger partial charge in [-0.1, -0.05) is 31.5 Å². The predicted octanol–water partition coefficient (Wildman–Crippen LogP) is 3.02. The SMILES string of the molecule is CCc1ccccc1NC(=O)NCC1(CC(=O)O)CCC1. The Balaban J connectivity index is 1.88. The first-order chi connectivity index (χ1) is 10.0. The molecule has 1 saturated carbocycles. The number of carbonyl (C=O) groups is 2. The molecule has 2 amide bonds. The maximum absolute atomic E-state index is 12.0. The summed E-state index contributed by atoms with van der Waals surface area (Å²) in [6.45, 7) is 2.45. The molecule has 1 aliphatic carbocycles. The maximum Gasteiger partial charge on any atom is 0.319 e. The van der Waals surface area contributed by atoms with Gasteiger partial charge in [0.05, 0.1) is 6.42 Å². The van der Waals surface area contributed by atoms with Gasteiger partial charge < -0.3 is 15.7 Å². The largest absolute Gasteiger partial charge is 0.481 e. The number of urea groups is 1. The highest BCUT2D eigenvalue weighted by Gasteiger charge is 2.39. The van der Waals surface area contributed by atoms with Crippen LogP contribution < -0.4 is 10.6 Å². The second-order valence-electron chi connectivity index (χ2n) is 5.74. The smallest absolute Gasteiger partial charge is 0.319 e. The molecule has 0 radical (unpaired) electrons. The second kappa shape index (κ2) is 6.61. The van der Waals surface area contributed by atoms with E-state index in [2.05, 4.69) is 10.6 Å². The van der Waals surface area contributed by atoms with Gasteiger partial charge >= 0.3 is 12.0 Å². The van der Waals surface area contributed by atoms with E-state index in [1.807, 2.05) is 31.2 Å². The molecule has 2 rings (SSSR count). The van der Waals surface area contributed by atoms with E-state index in [1.165, 1.54) is 0 Å². The molecule has 1 fully saturated rings. The van der Waals surface area contributed by atoms with Crippen LogP contribution in [0.15, 0.2) is 24.3 Å². The Morgan fingerprint density at radius 3 is 2.57 bits per heavy atom. The van der Waals surface area contributed by atoms with Gasteiger partial charge in [-0.3, -0.25) is 4.79 Å². The minimum Gasteiger partial charge on any atom is -0.481 e. The van der Waals surface area contributed by atoms with E-state index >= 15 is 0 Å². The van der Waals surface area contributed by atoms with Crippen LogP contribution >= 0.6 is 0 Å². The van der Waals surface area contributed by atoms with E-state index in [9.17, 15) is 9.59 Å². The number of nitrogens with one attached hydrogen (secondary N) is 2. The van der Waals surface area contributed by atoms with Crippen molar-refractivity contribution >= 4 is 17.7 Å². The van der Waals surface area contributed by atoms with Crippen LogP contribution in [-0.4, -0.2) is 23.7 Å². The average Bonchev–Trinajstić information content (AvgIpc) is 2.42. The number of hydrogen-bond donors (Lipinski definition) is 3. The van der Waals surface area contributed by atoms with Crippen LogP contribution in [0.4, 0.5) is 10.5 Å². The molecule has 1 aromatic rings. The zero-order chi connectivity index (χ0) is 15.3. The number of aryl methyl sites for hydroxylation is 1. The van der Waals surface area contributed by atoms with Crippen molar-refractivity contribution in [2.45, 2.75) is 39.0 Å². The Morgan fingerprint density at radius 1 is 1.29 bits per heavy atom. The van der Waals surface area contributed by atoms with Crippen molar-refractivity contribution in [1.29, 1.82) is 0 Å². The van der Waals surface area contributed by atoms with Gasteiger partial charge in [0.2, 0.25) is 0 Å². The second-order valence-corrected chi connectivity index (χ2v) is 5.74. The molecule has 21 heavy (non-hydrogen) atoms. The summed E-state index contributed by atoms with van der Waals surface area (Å²) in [5, 5.41) is 14.6. The summed E-state index contributed by atoms with van der Waals surface area (Å²) in [6, 6.07) is 7.40. The summed E-state index contributed by atoms with van der Waals surface area (Å²) >= 11 is 0. The third-order valence-electron chi connectivity index (χ3n) is 4.21. The lowest BCUT2D eigenvalue weighted by atomic mass is 9.66. The number of para-hydroxylation sites is 1. The van der Waals surface area contributed by atoms with Crippen LogP contribution in [0.1, 0.15) is 38.2 Å². The minimum atomic E-state index is -0.798. The molecule has 0 spiro atoms. The summed E-state index contributed by atoms with van der Waals surface area (Å²) < 4.78 is 0. The fourth-order valence-electron chi connectivity index (χ4n) is 2.80. The van der Waals surface area contributed by atoms with Crippen molar-refractivity contribution in [3.05, 3.63) is 29.8 Å². The Hall–Kier alpha value is -2.04. The first-order valence-electron chi connectivity index (χ1n) is 7.39. The maximum atomic E-state index is 12.0.